The predicted octanol–water partition coefficient (Wildman–Crippen LogP) is 1.94. The minimum Gasteiger partial charge on any atom is -0.325 e. The average Bonchev–Trinajstić information content (AvgIpc) is 2.37. The highest BCUT2D eigenvalue weighted by molar-refractivity contribution is 5.96. The van der Waals surface area contributed by atoms with E-state index in [1.807, 2.05) is 19.9 Å². The molecule has 0 unspecified atom stereocenters. The highest BCUT2D eigenvalue weighted by Crippen LogP contribution is 2.15. The van der Waals surface area contributed by atoms with Gasteiger partial charge in [-0.25, -0.2) is 0 Å². The van der Waals surface area contributed by atoms with Gasteiger partial charge in [0.25, 0.3) is 0 Å². The third kappa shape index (κ3) is 3.48. The first-order chi connectivity index (χ1) is 9.06. The number of amides is 1. The van der Waals surface area contributed by atoms with Crippen LogP contribution >= 0.6 is 0 Å². The number of hydrogen-bond acceptors (Lipinski definition) is 4. The molecule has 0 radical (unpaired) electrons. The molecule has 1 aromatic carbocycles. The number of hydrogen-bond donors (Lipinski definition) is 2. The second kappa shape index (κ2) is 5.75. The second-order valence-corrected chi connectivity index (χ2v) is 4.99. The molecule has 1 atom stereocenters. The number of carbonyl (C=O) groups excluding carboxylic acids is 1. The van der Waals surface area contributed by atoms with Crippen LogP contribution in [0.4, 0.5) is 5.69 Å². The molecular weight excluding hydrogens is 240 g/mol. The van der Waals surface area contributed by atoms with Crippen LogP contribution in [0.25, 0.3) is 11.0 Å². The minimum absolute atomic E-state index is 0.169. The Morgan fingerprint density at radius 1 is 1.26 bits per heavy atom. The van der Waals surface area contributed by atoms with Crippen LogP contribution in [-0.2, 0) is 4.79 Å². The highest BCUT2D eigenvalue weighted by atomic mass is 16.2. The first-order valence-electron chi connectivity index (χ1n) is 6.33. The van der Waals surface area contributed by atoms with Gasteiger partial charge in [-0.1, -0.05) is 13.8 Å². The fraction of sp³-hybridized carbons (Fsp3) is 0.357. The van der Waals surface area contributed by atoms with E-state index in [9.17, 15) is 4.79 Å². The lowest BCUT2D eigenvalue weighted by atomic mass is 10.0. The fourth-order valence-corrected chi connectivity index (χ4v) is 1.89. The van der Waals surface area contributed by atoms with Gasteiger partial charge >= 0.3 is 0 Å². The zero-order chi connectivity index (χ0) is 13.8. The van der Waals surface area contributed by atoms with E-state index < -0.39 is 6.04 Å². The molecule has 0 spiro atoms. The van der Waals surface area contributed by atoms with Crippen molar-refractivity contribution in [2.75, 3.05) is 5.32 Å². The molecule has 0 aliphatic rings. The van der Waals surface area contributed by atoms with Crippen molar-refractivity contribution >= 4 is 22.6 Å². The van der Waals surface area contributed by atoms with Gasteiger partial charge in [-0.05, 0) is 30.5 Å². The molecule has 100 valence electrons. The van der Waals surface area contributed by atoms with Crippen molar-refractivity contribution in [1.82, 2.24) is 9.97 Å². The van der Waals surface area contributed by atoms with Gasteiger partial charge in [-0.3, -0.25) is 14.8 Å². The molecule has 0 fully saturated rings. The van der Waals surface area contributed by atoms with Gasteiger partial charge in [0.1, 0.15) is 0 Å². The van der Waals surface area contributed by atoms with Crippen LogP contribution < -0.4 is 11.1 Å². The summed E-state index contributed by atoms with van der Waals surface area (Å²) >= 11 is 0. The summed E-state index contributed by atoms with van der Waals surface area (Å²) < 4.78 is 0. The number of benzene rings is 1. The van der Waals surface area contributed by atoms with Crippen molar-refractivity contribution < 1.29 is 4.79 Å². The van der Waals surface area contributed by atoms with Gasteiger partial charge in [0.2, 0.25) is 5.91 Å². The summed E-state index contributed by atoms with van der Waals surface area (Å²) in [5.74, 6) is 0.222. The Morgan fingerprint density at radius 2 is 1.95 bits per heavy atom. The Balaban J connectivity index is 2.10. The molecule has 3 N–H and O–H groups in total. The number of nitrogens with two attached hydrogens (primary N) is 1. The maximum Gasteiger partial charge on any atom is 0.241 e. The standard InChI is InChI=1S/C14H18N4O/c1-9(2)7-11(15)14(19)18-10-3-4-12-13(8-10)17-6-5-16-12/h3-6,8-9,11H,7,15H2,1-2H3,(H,18,19)/t11-/m1/s1. The van der Waals surface area contributed by atoms with Crippen molar-refractivity contribution in [1.29, 1.82) is 0 Å². The smallest absolute Gasteiger partial charge is 0.241 e. The van der Waals surface area contributed by atoms with Crippen LogP contribution in [0, 0.1) is 5.92 Å². The predicted molar refractivity (Wildman–Crippen MR) is 75.6 cm³/mol. The first kappa shape index (κ1) is 13.4. The maximum atomic E-state index is 11.9. The SMILES string of the molecule is CC(C)C[C@@H](N)C(=O)Nc1ccc2nccnc2c1. The van der Waals surface area contributed by atoms with E-state index in [2.05, 4.69) is 15.3 Å². The molecule has 1 amide bonds. The third-order valence-electron chi connectivity index (χ3n) is 2.80. The lowest BCUT2D eigenvalue weighted by molar-refractivity contribution is -0.117. The average molecular weight is 258 g/mol. The molecular formula is C14H18N4O. The van der Waals surface area contributed by atoms with E-state index in [0.29, 0.717) is 18.0 Å². The number of fused-ring (bicyclic) bond motifs is 1. The summed E-state index contributed by atoms with van der Waals surface area (Å²) in [4.78, 5) is 20.3. The molecule has 0 bridgehead atoms. The lowest BCUT2D eigenvalue weighted by Crippen LogP contribution is -2.36. The van der Waals surface area contributed by atoms with Crippen LogP contribution in [0.1, 0.15) is 20.3 Å². The molecule has 1 aromatic heterocycles. The first-order valence-corrected chi connectivity index (χ1v) is 6.33. The summed E-state index contributed by atoms with van der Waals surface area (Å²) in [5.41, 5.74) is 8.08. The van der Waals surface area contributed by atoms with Crippen LogP contribution in [0.5, 0.6) is 0 Å². The Kier molecular flexibility index (Phi) is 4.06. The molecule has 2 aromatic rings. The van der Waals surface area contributed by atoms with Gasteiger partial charge in [-0.15, -0.1) is 0 Å². The normalized spacial score (nSPS) is 12.6. The monoisotopic (exact) mass is 258 g/mol. The van der Waals surface area contributed by atoms with E-state index in [1.165, 1.54) is 0 Å². The molecule has 19 heavy (non-hydrogen) atoms. The molecule has 0 aliphatic heterocycles. The molecule has 0 saturated carbocycles. The van der Waals surface area contributed by atoms with Crippen molar-refractivity contribution in [2.45, 2.75) is 26.3 Å². The maximum absolute atomic E-state index is 11.9. The third-order valence-corrected chi connectivity index (χ3v) is 2.80. The lowest BCUT2D eigenvalue weighted by Gasteiger charge is -2.14. The fourth-order valence-electron chi connectivity index (χ4n) is 1.89. The number of nitrogens with zero attached hydrogens (tertiary/aromatic N) is 2. The van der Waals surface area contributed by atoms with Crippen LogP contribution in [0.15, 0.2) is 30.6 Å². The largest absolute Gasteiger partial charge is 0.325 e. The topological polar surface area (TPSA) is 80.9 Å². The van der Waals surface area contributed by atoms with Crippen LogP contribution in [0.2, 0.25) is 0 Å². The van der Waals surface area contributed by atoms with E-state index in [0.717, 1.165) is 11.0 Å². The summed E-state index contributed by atoms with van der Waals surface area (Å²) in [7, 11) is 0. The van der Waals surface area contributed by atoms with Gasteiger partial charge in [0.15, 0.2) is 0 Å². The molecule has 0 saturated heterocycles. The van der Waals surface area contributed by atoms with Gasteiger partial charge in [0, 0.05) is 18.1 Å². The van der Waals surface area contributed by atoms with Gasteiger partial charge < -0.3 is 11.1 Å². The number of carbonyl (C=O) groups is 1. The van der Waals surface area contributed by atoms with Crippen molar-refractivity contribution in [3.8, 4) is 0 Å². The zero-order valence-electron chi connectivity index (χ0n) is 11.1. The Bertz CT molecular complexity index is 582. The van der Waals surface area contributed by atoms with E-state index >= 15 is 0 Å². The van der Waals surface area contributed by atoms with Crippen molar-refractivity contribution in [2.24, 2.45) is 11.7 Å². The van der Waals surface area contributed by atoms with Crippen LogP contribution in [-0.4, -0.2) is 21.9 Å². The Morgan fingerprint density at radius 3 is 2.63 bits per heavy atom. The van der Waals surface area contributed by atoms with Crippen LogP contribution in [0.3, 0.4) is 0 Å². The Hall–Kier alpha value is -2.01. The van der Waals surface area contributed by atoms with Gasteiger partial charge in [-0.2, -0.15) is 0 Å². The quantitative estimate of drug-likeness (QED) is 0.878. The number of aromatic nitrogens is 2. The number of anilines is 1. The highest BCUT2D eigenvalue weighted by Gasteiger charge is 2.15. The van der Waals surface area contributed by atoms with E-state index in [-0.39, 0.29) is 5.91 Å². The van der Waals surface area contributed by atoms with Crippen molar-refractivity contribution in [3.05, 3.63) is 30.6 Å². The second-order valence-electron chi connectivity index (χ2n) is 4.99. The summed E-state index contributed by atoms with van der Waals surface area (Å²) in [5, 5.41) is 2.81. The summed E-state index contributed by atoms with van der Waals surface area (Å²) in [6.07, 6.45) is 3.93. The summed E-state index contributed by atoms with van der Waals surface area (Å²) in [6, 6.07) is 4.93. The molecule has 2 rings (SSSR count). The van der Waals surface area contributed by atoms with Crippen molar-refractivity contribution in [3.63, 3.8) is 0 Å². The molecule has 5 heteroatoms. The Labute approximate surface area is 112 Å². The van der Waals surface area contributed by atoms with E-state index in [4.69, 9.17) is 5.73 Å². The molecule has 0 aliphatic carbocycles. The molecule has 1 heterocycles. The van der Waals surface area contributed by atoms with Gasteiger partial charge in [0.05, 0.1) is 17.1 Å². The molecule has 5 nitrogen and oxygen atoms in total. The number of rotatable bonds is 4. The van der Waals surface area contributed by atoms with E-state index in [1.54, 1.807) is 24.5 Å². The summed E-state index contributed by atoms with van der Waals surface area (Å²) in [6.45, 7) is 4.08. The zero-order valence-corrected chi connectivity index (χ0v) is 11.1. The number of nitrogens with one attached hydrogen (secondary N) is 1. The minimum atomic E-state index is -0.488.